The van der Waals surface area contributed by atoms with Gasteiger partial charge in [0.1, 0.15) is 11.5 Å². The first-order valence-electron chi connectivity index (χ1n) is 8.57. The number of amides is 1. The Labute approximate surface area is 158 Å². The number of hydrogen-bond acceptors (Lipinski definition) is 5. The Bertz CT molecular complexity index is 749. The minimum Gasteiger partial charge on any atom is -0.497 e. The van der Waals surface area contributed by atoms with Crippen molar-refractivity contribution in [2.24, 2.45) is 0 Å². The molecule has 5 nitrogen and oxygen atoms in total. The van der Waals surface area contributed by atoms with E-state index >= 15 is 0 Å². The molecule has 2 aromatic rings. The highest BCUT2D eigenvalue weighted by Gasteiger charge is 2.32. The summed E-state index contributed by atoms with van der Waals surface area (Å²) in [4.78, 5) is 18.2. The number of para-hydroxylation sites is 1. The standard InChI is InChI=1S/C20H24N2O3S/c1-21(2)12-13-22-17-6-4-5-7-19(17)26-14-18(20(22)23)25-16-10-8-15(24-3)9-11-16/h4-11,18H,12-14H2,1-3H3. The quantitative estimate of drug-likeness (QED) is 0.779. The van der Waals surface area contributed by atoms with E-state index in [4.69, 9.17) is 9.47 Å². The largest absolute Gasteiger partial charge is 0.497 e. The summed E-state index contributed by atoms with van der Waals surface area (Å²) in [7, 11) is 5.64. The number of hydrogen-bond donors (Lipinski definition) is 0. The molecule has 0 radical (unpaired) electrons. The molecule has 1 unspecified atom stereocenters. The second-order valence-corrected chi connectivity index (χ2v) is 7.42. The molecule has 0 bridgehead atoms. The molecule has 1 amide bonds. The lowest BCUT2D eigenvalue weighted by Gasteiger charge is -2.27. The van der Waals surface area contributed by atoms with Crippen molar-refractivity contribution in [2.45, 2.75) is 11.0 Å². The third-order valence-electron chi connectivity index (χ3n) is 4.20. The summed E-state index contributed by atoms with van der Waals surface area (Å²) in [6, 6.07) is 15.4. The van der Waals surface area contributed by atoms with Gasteiger partial charge in [0.25, 0.3) is 5.91 Å². The molecule has 26 heavy (non-hydrogen) atoms. The van der Waals surface area contributed by atoms with Gasteiger partial charge in [-0.1, -0.05) is 12.1 Å². The van der Waals surface area contributed by atoms with Gasteiger partial charge in [-0.25, -0.2) is 0 Å². The van der Waals surface area contributed by atoms with Crippen LogP contribution in [0.5, 0.6) is 11.5 Å². The predicted octanol–water partition coefficient (Wildman–Crippen LogP) is 3.14. The van der Waals surface area contributed by atoms with E-state index in [-0.39, 0.29) is 5.91 Å². The van der Waals surface area contributed by atoms with Crippen LogP contribution in [0.1, 0.15) is 0 Å². The molecular weight excluding hydrogens is 348 g/mol. The lowest BCUT2D eigenvalue weighted by atomic mass is 10.2. The minimum atomic E-state index is -0.525. The number of fused-ring (bicyclic) bond motifs is 1. The number of nitrogens with zero attached hydrogens (tertiary/aromatic N) is 2. The third kappa shape index (κ3) is 4.31. The number of anilines is 1. The van der Waals surface area contributed by atoms with E-state index in [0.717, 1.165) is 22.9 Å². The number of methoxy groups -OCH3 is 1. The number of thioether (sulfide) groups is 1. The van der Waals surface area contributed by atoms with Gasteiger partial charge in [-0.05, 0) is 50.5 Å². The molecule has 1 aliphatic rings. The Kier molecular flexibility index (Phi) is 6.06. The molecule has 0 saturated heterocycles. The number of carbonyl (C=O) groups excluding carboxylic acids is 1. The minimum absolute atomic E-state index is 0.000109. The Balaban J connectivity index is 1.82. The molecule has 0 N–H and O–H groups in total. The molecule has 1 heterocycles. The van der Waals surface area contributed by atoms with E-state index in [0.29, 0.717) is 18.0 Å². The number of ether oxygens (including phenoxy) is 2. The highest BCUT2D eigenvalue weighted by molar-refractivity contribution is 7.99. The summed E-state index contributed by atoms with van der Waals surface area (Å²) in [5, 5.41) is 0. The van der Waals surface area contributed by atoms with E-state index in [2.05, 4.69) is 11.0 Å². The summed E-state index contributed by atoms with van der Waals surface area (Å²) >= 11 is 1.66. The van der Waals surface area contributed by atoms with Gasteiger partial charge >= 0.3 is 0 Å². The van der Waals surface area contributed by atoms with Gasteiger partial charge in [0.2, 0.25) is 0 Å². The molecule has 0 aromatic heterocycles. The van der Waals surface area contributed by atoms with Crippen LogP contribution in [0.25, 0.3) is 0 Å². The van der Waals surface area contributed by atoms with E-state index in [1.165, 1.54) is 0 Å². The highest BCUT2D eigenvalue weighted by Crippen LogP contribution is 2.35. The highest BCUT2D eigenvalue weighted by atomic mass is 32.2. The van der Waals surface area contributed by atoms with Crippen molar-refractivity contribution in [2.75, 3.05) is 44.9 Å². The molecule has 0 fully saturated rings. The topological polar surface area (TPSA) is 42.0 Å². The summed E-state index contributed by atoms with van der Waals surface area (Å²) in [5.41, 5.74) is 0.963. The maximum absolute atomic E-state index is 13.2. The van der Waals surface area contributed by atoms with Crippen LogP contribution in [0.2, 0.25) is 0 Å². The average Bonchev–Trinajstić information content (AvgIpc) is 2.78. The number of benzene rings is 2. The second-order valence-electron chi connectivity index (χ2n) is 6.35. The molecule has 0 saturated carbocycles. The first-order valence-corrected chi connectivity index (χ1v) is 9.55. The van der Waals surface area contributed by atoms with E-state index in [1.807, 2.05) is 61.5 Å². The molecule has 138 valence electrons. The van der Waals surface area contributed by atoms with Crippen LogP contribution < -0.4 is 14.4 Å². The van der Waals surface area contributed by atoms with E-state index in [9.17, 15) is 4.79 Å². The summed E-state index contributed by atoms with van der Waals surface area (Å²) in [5.74, 6) is 2.02. The molecular formula is C20H24N2O3S. The lowest BCUT2D eigenvalue weighted by Crippen LogP contribution is -2.45. The molecule has 1 aliphatic heterocycles. The van der Waals surface area contributed by atoms with Crippen molar-refractivity contribution < 1.29 is 14.3 Å². The van der Waals surface area contributed by atoms with Crippen LogP contribution in [0.15, 0.2) is 53.4 Å². The van der Waals surface area contributed by atoms with Crippen LogP contribution in [0, 0.1) is 0 Å². The van der Waals surface area contributed by atoms with Crippen molar-refractivity contribution in [1.29, 1.82) is 0 Å². The van der Waals surface area contributed by atoms with Crippen molar-refractivity contribution in [1.82, 2.24) is 4.90 Å². The fraction of sp³-hybridized carbons (Fsp3) is 0.350. The van der Waals surface area contributed by atoms with Gasteiger partial charge in [0, 0.05) is 23.7 Å². The Morgan fingerprint density at radius 2 is 1.81 bits per heavy atom. The SMILES string of the molecule is COc1ccc(OC2CSc3ccccc3N(CCN(C)C)C2=O)cc1. The predicted molar refractivity (Wildman–Crippen MR) is 105 cm³/mol. The van der Waals surface area contributed by atoms with Crippen LogP contribution >= 0.6 is 11.8 Å². The van der Waals surface area contributed by atoms with Gasteiger partial charge in [-0.15, -0.1) is 11.8 Å². The first-order chi connectivity index (χ1) is 12.6. The fourth-order valence-electron chi connectivity index (χ4n) is 2.77. The Morgan fingerprint density at radius 3 is 2.50 bits per heavy atom. The van der Waals surface area contributed by atoms with Gasteiger partial charge in [0.05, 0.1) is 12.8 Å². The van der Waals surface area contributed by atoms with E-state index < -0.39 is 6.10 Å². The lowest BCUT2D eigenvalue weighted by molar-refractivity contribution is -0.124. The van der Waals surface area contributed by atoms with E-state index in [1.54, 1.807) is 18.9 Å². The van der Waals surface area contributed by atoms with Crippen LogP contribution in [0.4, 0.5) is 5.69 Å². The number of carbonyl (C=O) groups is 1. The van der Waals surface area contributed by atoms with Crippen molar-refractivity contribution in [3.05, 3.63) is 48.5 Å². The summed E-state index contributed by atoms with van der Waals surface area (Å²) in [6.45, 7) is 1.42. The van der Waals surface area contributed by atoms with Crippen LogP contribution in [-0.4, -0.2) is 57.0 Å². The van der Waals surface area contributed by atoms with Crippen molar-refractivity contribution in [3.8, 4) is 11.5 Å². The summed E-state index contributed by atoms with van der Waals surface area (Å²) in [6.07, 6.45) is -0.525. The fourth-order valence-corrected chi connectivity index (χ4v) is 3.81. The van der Waals surface area contributed by atoms with Crippen molar-refractivity contribution in [3.63, 3.8) is 0 Å². The van der Waals surface area contributed by atoms with Crippen LogP contribution in [-0.2, 0) is 4.79 Å². The zero-order valence-corrected chi connectivity index (χ0v) is 16.2. The van der Waals surface area contributed by atoms with Gasteiger partial charge in [-0.3, -0.25) is 4.79 Å². The van der Waals surface area contributed by atoms with Crippen LogP contribution in [0.3, 0.4) is 0 Å². The molecule has 6 heteroatoms. The molecule has 3 rings (SSSR count). The zero-order chi connectivity index (χ0) is 18.5. The maximum Gasteiger partial charge on any atom is 0.269 e. The number of rotatable bonds is 6. The van der Waals surface area contributed by atoms with Gasteiger partial charge < -0.3 is 19.3 Å². The molecule has 2 aromatic carbocycles. The Hall–Kier alpha value is -2.18. The van der Waals surface area contributed by atoms with Gasteiger partial charge in [0.15, 0.2) is 6.10 Å². The molecule has 0 spiro atoms. The maximum atomic E-state index is 13.2. The molecule has 1 atom stereocenters. The molecule has 0 aliphatic carbocycles. The first kappa shape index (κ1) is 18.6. The Morgan fingerprint density at radius 1 is 1.12 bits per heavy atom. The zero-order valence-electron chi connectivity index (χ0n) is 15.3. The third-order valence-corrected chi connectivity index (χ3v) is 5.32. The second kappa shape index (κ2) is 8.47. The average molecular weight is 372 g/mol. The summed E-state index contributed by atoms with van der Waals surface area (Å²) < 4.78 is 11.2. The smallest absolute Gasteiger partial charge is 0.269 e. The van der Waals surface area contributed by atoms with Gasteiger partial charge in [-0.2, -0.15) is 0 Å². The normalized spacial score (nSPS) is 17.0. The number of likely N-dealkylation sites (N-methyl/N-ethyl adjacent to an activating group) is 1. The monoisotopic (exact) mass is 372 g/mol. The van der Waals surface area contributed by atoms with Crippen molar-refractivity contribution >= 4 is 23.4 Å².